The highest BCUT2D eigenvalue weighted by molar-refractivity contribution is 6.28. The summed E-state index contributed by atoms with van der Waals surface area (Å²) in [5.74, 6) is 1.06. The van der Waals surface area contributed by atoms with Crippen molar-refractivity contribution in [2.75, 3.05) is 14.2 Å². The maximum atomic E-state index is 13.4. The molecule has 0 aliphatic carbocycles. The third kappa shape index (κ3) is 4.41. The quantitative estimate of drug-likeness (QED) is 0.218. The highest BCUT2D eigenvalue weighted by Crippen LogP contribution is 2.30. The molecular formula is C26H21NO4. The van der Waals surface area contributed by atoms with E-state index in [1.165, 1.54) is 7.11 Å². The Labute approximate surface area is 180 Å². The summed E-state index contributed by atoms with van der Waals surface area (Å²) in [7, 11) is 3.09. The highest BCUT2D eigenvalue weighted by Gasteiger charge is 2.21. The molecule has 1 aromatic heterocycles. The van der Waals surface area contributed by atoms with Crippen molar-refractivity contribution in [3.8, 4) is 11.5 Å². The van der Waals surface area contributed by atoms with Crippen LogP contribution in [-0.2, 0) is 0 Å². The van der Waals surface area contributed by atoms with Gasteiger partial charge in [-0.25, -0.2) is 4.98 Å². The molecule has 31 heavy (non-hydrogen) atoms. The number of carbonyl (C=O) groups excluding carboxylic acids is 1. The number of hydrogen-bond acceptors (Lipinski definition) is 5. The Morgan fingerprint density at radius 1 is 0.903 bits per heavy atom. The van der Waals surface area contributed by atoms with Crippen molar-refractivity contribution in [2.45, 2.75) is 0 Å². The summed E-state index contributed by atoms with van der Waals surface area (Å²) in [6.07, 6.45) is 5.46. The van der Waals surface area contributed by atoms with Gasteiger partial charge in [-0.05, 0) is 42.0 Å². The van der Waals surface area contributed by atoms with E-state index in [9.17, 15) is 4.79 Å². The Bertz CT molecular complexity index is 1240. The lowest BCUT2D eigenvalue weighted by molar-refractivity contribution is 0.105. The van der Waals surface area contributed by atoms with Crippen LogP contribution in [0.25, 0.3) is 22.7 Å². The van der Waals surface area contributed by atoms with Crippen LogP contribution >= 0.6 is 0 Å². The number of para-hydroxylation sites is 2. The molecule has 5 nitrogen and oxygen atoms in total. The number of benzene rings is 3. The summed E-state index contributed by atoms with van der Waals surface area (Å²) < 4.78 is 16.5. The standard InChI is InChI=1S/C26H21NO4/c1-29-23-16-15-19(17-24(23)30-2)25(28)20(12-8-11-18-9-4-3-5-10-18)26-27-21-13-6-7-14-22(21)31-26/h3-17H,1-2H3/b11-8+,20-12-. The third-order valence-corrected chi connectivity index (χ3v) is 4.77. The Kier molecular flexibility index (Phi) is 5.94. The van der Waals surface area contributed by atoms with Gasteiger partial charge in [-0.3, -0.25) is 4.79 Å². The Hall–Kier alpha value is -4.12. The number of hydrogen-bond donors (Lipinski definition) is 0. The van der Waals surface area contributed by atoms with Crippen molar-refractivity contribution in [1.82, 2.24) is 4.98 Å². The van der Waals surface area contributed by atoms with Gasteiger partial charge in [-0.15, -0.1) is 0 Å². The predicted octanol–water partition coefficient (Wildman–Crippen LogP) is 5.82. The molecule has 0 spiro atoms. The van der Waals surface area contributed by atoms with E-state index in [2.05, 4.69) is 4.98 Å². The minimum absolute atomic E-state index is 0.231. The Morgan fingerprint density at radius 3 is 2.39 bits per heavy atom. The van der Waals surface area contributed by atoms with Gasteiger partial charge in [0.25, 0.3) is 0 Å². The van der Waals surface area contributed by atoms with Crippen LogP contribution in [0.1, 0.15) is 21.8 Å². The minimum atomic E-state index is -0.231. The van der Waals surface area contributed by atoms with Crippen LogP contribution in [0.3, 0.4) is 0 Å². The van der Waals surface area contributed by atoms with E-state index in [0.717, 1.165) is 5.56 Å². The molecule has 0 radical (unpaired) electrons. The van der Waals surface area contributed by atoms with Crippen molar-refractivity contribution in [2.24, 2.45) is 0 Å². The summed E-state index contributed by atoms with van der Waals surface area (Å²) in [6.45, 7) is 0. The van der Waals surface area contributed by atoms with Crippen LogP contribution in [-0.4, -0.2) is 25.0 Å². The van der Waals surface area contributed by atoms with Gasteiger partial charge in [-0.1, -0.05) is 54.6 Å². The zero-order valence-corrected chi connectivity index (χ0v) is 17.2. The van der Waals surface area contributed by atoms with Crippen LogP contribution in [0.15, 0.2) is 89.4 Å². The van der Waals surface area contributed by atoms with Gasteiger partial charge in [0.2, 0.25) is 5.89 Å². The van der Waals surface area contributed by atoms with Crippen molar-refractivity contribution in [3.05, 3.63) is 102 Å². The molecule has 4 rings (SSSR count). The van der Waals surface area contributed by atoms with E-state index in [0.29, 0.717) is 33.7 Å². The van der Waals surface area contributed by atoms with Gasteiger partial charge in [0, 0.05) is 5.56 Å². The predicted molar refractivity (Wildman–Crippen MR) is 121 cm³/mol. The first-order chi connectivity index (χ1) is 15.2. The van der Waals surface area contributed by atoms with Gasteiger partial charge in [-0.2, -0.15) is 0 Å². The number of oxazole rings is 1. The summed E-state index contributed by atoms with van der Waals surface area (Å²) in [5.41, 5.74) is 3.12. The fourth-order valence-corrected chi connectivity index (χ4v) is 3.18. The summed E-state index contributed by atoms with van der Waals surface area (Å²) in [6, 6.07) is 22.3. The molecule has 0 aliphatic heterocycles. The first-order valence-electron chi connectivity index (χ1n) is 9.75. The summed E-state index contributed by atoms with van der Waals surface area (Å²) in [4.78, 5) is 17.9. The Balaban J connectivity index is 1.77. The van der Waals surface area contributed by atoms with Crippen molar-refractivity contribution >= 4 is 28.5 Å². The summed E-state index contributed by atoms with van der Waals surface area (Å²) >= 11 is 0. The minimum Gasteiger partial charge on any atom is -0.493 e. The SMILES string of the molecule is COc1ccc(C(=O)/C(=C/C=C/c2ccccc2)c2nc3ccccc3o2)cc1OC. The third-order valence-electron chi connectivity index (χ3n) is 4.77. The van der Waals surface area contributed by atoms with Crippen molar-refractivity contribution in [3.63, 3.8) is 0 Å². The number of ketones is 1. The second-order valence-corrected chi connectivity index (χ2v) is 6.74. The summed E-state index contributed by atoms with van der Waals surface area (Å²) in [5, 5.41) is 0. The fourth-order valence-electron chi connectivity index (χ4n) is 3.18. The fraction of sp³-hybridized carbons (Fsp3) is 0.0769. The molecule has 3 aromatic carbocycles. The highest BCUT2D eigenvalue weighted by atomic mass is 16.5. The van der Waals surface area contributed by atoms with Crippen LogP contribution in [0.5, 0.6) is 11.5 Å². The molecule has 0 bridgehead atoms. The molecule has 4 aromatic rings. The van der Waals surface area contributed by atoms with E-state index in [1.807, 2.05) is 66.7 Å². The number of fused-ring (bicyclic) bond motifs is 1. The van der Waals surface area contributed by atoms with Gasteiger partial charge in [0.1, 0.15) is 5.52 Å². The van der Waals surface area contributed by atoms with E-state index in [-0.39, 0.29) is 11.7 Å². The van der Waals surface area contributed by atoms with Crippen LogP contribution in [0.4, 0.5) is 0 Å². The molecule has 1 heterocycles. The van der Waals surface area contributed by atoms with E-state index in [1.54, 1.807) is 31.4 Å². The largest absolute Gasteiger partial charge is 0.493 e. The Morgan fingerprint density at radius 2 is 1.65 bits per heavy atom. The van der Waals surface area contributed by atoms with Crippen molar-refractivity contribution < 1.29 is 18.7 Å². The van der Waals surface area contributed by atoms with Crippen LogP contribution < -0.4 is 9.47 Å². The number of carbonyl (C=O) groups is 1. The number of nitrogens with zero attached hydrogens (tertiary/aromatic N) is 1. The molecule has 0 saturated heterocycles. The number of methoxy groups -OCH3 is 2. The lowest BCUT2D eigenvalue weighted by Crippen LogP contribution is -2.04. The lowest BCUT2D eigenvalue weighted by atomic mass is 10.0. The molecule has 0 aliphatic rings. The van der Waals surface area contributed by atoms with E-state index >= 15 is 0 Å². The number of allylic oxidation sites excluding steroid dienone is 3. The van der Waals surface area contributed by atoms with Gasteiger partial charge in [0.15, 0.2) is 22.9 Å². The van der Waals surface area contributed by atoms with Crippen LogP contribution in [0, 0.1) is 0 Å². The smallest absolute Gasteiger partial charge is 0.231 e. The lowest BCUT2D eigenvalue weighted by Gasteiger charge is -2.09. The molecule has 0 atom stereocenters. The maximum Gasteiger partial charge on any atom is 0.231 e. The van der Waals surface area contributed by atoms with Gasteiger partial charge in [0.05, 0.1) is 19.8 Å². The number of ether oxygens (including phenoxy) is 2. The number of rotatable bonds is 7. The first-order valence-corrected chi connectivity index (χ1v) is 9.75. The van der Waals surface area contributed by atoms with Gasteiger partial charge < -0.3 is 13.9 Å². The van der Waals surface area contributed by atoms with Crippen LogP contribution in [0.2, 0.25) is 0 Å². The topological polar surface area (TPSA) is 61.6 Å². The zero-order chi connectivity index (χ0) is 21.6. The van der Waals surface area contributed by atoms with Gasteiger partial charge >= 0.3 is 0 Å². The van der Waals surface area contributed by atoms with E-state index < -0.39 is 0 Å². The average Bonchev–Trinajstić information content (AvgIpc) is 3.25. The average molecular weight is 411 g/mol. The molecule has 0 fully saturated rings. The normalized spacial score (nSPS) is 11.7. The van der Waals surface area contributed by atoms with Crippen molar-refractivity contribution in [1.29, 1.82) is 0 Å². The molecule has 154 valence electrons. The second-order valence-electron chi connectivity index (χ2n) is 6.74. The van der Waals surface area contributed by atoms with E-state index in [4.69, 9.17) is 13.9 Å². The zero-order valence-electron chi connectivity index (χ0n) is 17.2. The number of Topliss-reactive ketones (excluding diaryl/α,β-unsaturated/α-hetero) is 1. The number of aromatic nitrogens is 1. The molecule has 0 unspecified atom stereocenters. The molecule has 0 saturated carbocycles. The molecular weight excluding hydrogens is 390 g/mol. The monoisotopic (exact) mass is 411 g/mol. The maximum absolute atomic E-state index is 13.4. The molecule has 0 amide bonds. The molecule has 5 heteroatoms. The second kappa shape index (κ2) is 9.13. The first kappa shape index (κ1) is 20.2. The molecule has 0 N–H and O–H groups in total.